The monoisotopic (exact) mass is 214 g/mol. The van der Waals surface area contributed by atoms with E-state index in [-0.39, 0.29) is 5.92 Å². The van der Waals surface area contributed by atoms with Crippen LogP contribution in [0.1, 0.15) is 18.9 Å². The first kappa shape index (κ1) is 11.2. The summed E-state index contributed by atoms with van der Waals surface area (Å²) in [6, 6.07) is 12.9. The second-order valence-electron chi connectivity index (χ2n) is 4.58. The van der Waals surface area contributed by atoms with Crippen molar-refractivity contribution < 1.29 is 0 Å². The molecule has 1 saturated heterocycles. The minimum absolute atomic E-state index is 0.230. The SMILES string of the molecule is CC[C@@H]1CN(Cc2ccccc2)C[C@@H]1C#N. The molecule has 0 amide bonds. The Bertz CT molecular complexity index is 366. The maximum absolute atomic E-state index is 9.07. The molecule has 16 heavy (non-hydrogen) atoms. The van der Waals surface area contributed by atoms with Crippen molar-refractivity contribution in [2.24, 2.45) is 11.8 Å². The van der Waals surface area contributed by atoms with E-state index in [0.717, 1.165) is 26.1 Å². The van der Waals surface area contributed by atoms with E-state index in [0.29, 0.717) is 5.92 Å². The molecule has 1 fully saturated rings. The second kappa shape index (κ2) is 5.14. The minimum atomic E-state index is 0.230. The molecule has 0 saturated carbocycles. The normalized spacial score (nSPS) is 25.5. The first-order valence-corrected chi connectivity index (χ1v) is 5.99. The molecule has 0 radical (unpaired) electrons. The Morgan fingerprint density at radius 1 is 1.31 bits per heavy atom. The fourth-order valence-corrected chi connectivity index (χ4v) is 2.49. The fraction of sp³-hybridized carbons (Fsp3) is 0.500. The van der Waals surface area contributed by atoms with Gasteiger partial charge in [0, 0.05) is 19.6 Å². The van der Waals surface area contributed by atoms with Crippen LogP contribution in [0.15, 0.2) is 30.3 Å². The highest BCUT2D eigenvalue weighted by Gasteiger charge is 2.31. The van der Waals surface area contributed by atoms with Gasteiger partial charge in [0.05, 0.1) is 12.0 Å². The average Bonchev–Trinajstić information content (AvgIpc) is 2.72. The van der Waals surface area contributed by atoms with Crippen molar-refractivity contribution in [1.29, 1.82) is 5.26 Å². The molecule has 2 rings (SSSR count). The molecule has 84 valence electrons. The largest absolute Gasteiger partial charge is 0.297 e. The standard InChI is InChI=1S/C14H18N2/c1-2-13-10-16(11-14(13)8-15)9-12-6-4-3-5-7-12/h3-7,13-14H,2,9-11H2,1H3/t13-,14+/m1/s1. The summed E-state index contributed by atoms with van der Waals surface area (Å²) in [5, 5.41) is 9.07. The van der Waals surface area contributed by atoms with Crippen LogP contribution in [0, 0.1) is 23.2 Å². The molecular formula is C14H18N2. The number of hydrogen-bond donors (Lipinski definition) is 0. The zero-order chi connectivity index (χ0) is 11.4. The number of hydrogen-bond acceptors (Lipinski definition) is 2. The van der Waals surface area contributed by atoms with Gasteiger partial charge in [0.25, 0.3) is 0 Å². The van der Waals surface area contributed by atoms with Crippen molar-refractivity contribution in [1.82, 2.24) is 4.90 Å². The Hall–Kier alpha value is -1.33. The highest BCUT2D eigenvalue weighted by Crippen LogP contribution is 2.26. The molecule has 0 aliphatic carbocycles. The lowest BCUT2D eigenvalue weighted by molar-refractivity contribution is 0.314. The molecule has 0 bridgehead atoms. The van der Waals surface area contributed by atoms with Crippen LogP contribution in [-0.2, 0) is 6.54 Å². The zero-order valence-electron chi connectivity index (χ0n) is 9.76. The molecule has 0 spiro atoms. The van der Waals surface area contributed by atoms with E-state index < -0.39 is 0 Å². The Morgan fingerprint density at radius 3 is 2.62 bits per heavy atom. The van der Waals surface area contributed by atoms with Gasteiger partial charge < -0.3 is 0 Å². The third-order valence-corrected chi connectivity index (χ3v) is 3.46. The molecule has 1 aromatic carbocycles. The van der Waals surface area contributed by atoms with Gasteiger partial charge in [0.2, 0.25) is 0 Å². The van der Waals surface area contributed by atoms with Crippen molar-refractivity contribution in [2.45, 2.75) is 19.9 Å². The smallest absolute Gasteiger partial charge is 0.0672 e. The van der Waals surface area contributed by atoms with Gasteiger partial charge in [-0.3, -0.25) is 4.90 Å². The average molecular weight is 214 g/mol. The molecule has 2 heteroatoms. The lowest BCUT2D eigenvalue weighted by atomic mass is 9.95. The summed E-state index contributed by atoms with van der Waals surface area (Å²) in [5.74, 6) is 0.794. The van der Waals surface area contributed by atoms with Crippen LogP contribution in [-0.4, -0.2) is 18.0 Å². The van der Waals surface area contributed by atoms with E-state index in [9.17, 15) is 0 Å². The molecule has 2 nitrogen and oxygen atoms in total. The summed E-state index contributed by atoms with van der Waals surface area (Å²) in [7, 11) is 0. The third kappa shape index (κ3) is 2.43. The lowest BCUT2D eigenvalue weighted by Crippen LogP contribution is -2.20. The van der Waals surface area contributed by atoms with Gasteiger partial charge in [-0.25, -0.2) is 0 Å². The topological polar surface area (TPSA) is 27.0 Å². The summed E-state index contributed by atoms with van der Waals surface area (Å²) in [5.41, 5.74) is 1.34. The van der Waals surface area contributed by atoms with Gasteiger partial charge >= 0.3 is 0 Å². The van der Waals surface area contributed by atoms with Crippen LogP contribution in [0.2, 0.25) is 0 Å². The molecule has 0 unspecified atom stereocenters. The molecule has 2 atom stereocenters. The summed E-state index contributed by atoms with van der Waals surface area (Å²) in [6.07, 6.45) is 1.11. The Labute approximate surface area is 97.5 Å². The molecule has 1 aliphatic heterocycles. The third-order valence-electron chi connectivity index (χ3n) is 3.46. The first-order chi connectivity index (χ1) is 7.83. The van der Waals surface area contributed by atoms with E-state index in [1.807, 2.05) is 6.07 Å². The molecule has 1 heterocycles. The Balaban J connectivity index is 1.96. The maximum atomic E-state index is 9.07. The van der Waals surface area contributed by atoms with E-state index in [1.54, 1.807) is 0 Å². The van der Waals surface area contributed by atoms with Gasteiger partial charge in [0.1, 0.15) is 0 Å². The summed E-state index contributed by atoms with van der Waals surface area (Å²) >= 11 is 0. The fourth-order valence-electron chi connectivity index (χ4n) is 2.49. The predicted molar refractivity (Wildman–Crippen MR) is 64.6 cm³/mol. The van der Waals surface area contributed by atoms with E-state index >= 15 is 0 Å². The van der Waals surface area contributed by atoms with Crippen molar-refractivity contribution >= 4 is 0 Å². The lowest BCUT2D eigenvalue weighted by Gasteiger charge is -2.15. The van der Waals surface area contributed by atoms with Crippen LogP contribution in [0.25, 0.3) is 0 Å². The molecule has 1 aliphatic rings. The molecule has 0 aromatic heterocycles. The van der Waals surface area contributed by atoms with Crippen molar-refractivity contribution in [3.63, 3.8) is 0 Å². The van der Waals surface area contributed by atoms with Crippen LogP contribution < -0.4 is 0 Å². The molecule has 0 N–H and O–H groups in total. The van der Waals surface area contributed by atoms with Gasteiger partial charge in [0.15, 0.2) is 0 Å². The second-order valence-corrected chi connectivity index (χ2v) is 4.58. The number of benzene rings is 1. The van der Waals surface area contributed by atoms with E-state index in [2.05, 4.69) is 42.2 Å². The molecule has 1 aromatic rings. The summed E-state index contributed by atoms with van der Waals surface area (Å²) in [6.45, 7) is 5.17. The van der Waals surface area contributed by atoms with Crippen LogP contribution in [0.4, 0.5) is 0 Å². The van der Waals surface area contributed by atoms with Gasteiger partial charge in [-0.2, -0.15) is 5.26 Å². The maximum Gasteiger partial charge on any atom is 0.0672 e. The van der Waals surface area contributed by atoms with Crippen molar-refractivity contribution in [3.8, 4) is 6.07 Å². The summed E-state index contributed by atoms with van der Waals surface area (Å²) in [4.78, 5) is 2.40. The van der Waals surface area contributed by atoms with Gasteiger partial charge in [-0.1, -0.05) is 43.7 Å². The highest BCUT2D eigenvalue weighted by molar-refractivity contribution is 5.15. The number of likely N-dealkylation sites (tertiary alicyclic amines) is 1. The predicted octanol–water partition coefficient (Wildman–Crippen LogP) is 2.67. The first-order valence-electron chi connectivity index (χ1n) is 5.99. The molecular weight excluding hydrogens is 196 g/mol. The summed E-state index contributed by atoms with van der Waals surface area (Å²) < 4.78 is 0. The minimum Gasteiger partial charge on any atom is -0.297 e. The highest BCUT2D eigenvalue weighted by atomic mass is 15.1. The zero-order valence-corrected chi connectivity index (χ0v) is 9.76. The van der Waals surface area contributed by atoms with Crippen LogP contribution >= 0.6 is 0 Å². The van der Waals surface area contributed by atoms with Gasteiger partial charge in [-0.05, 0) is 11.5 Å². The van der Waals surface area contributed by atoms with Gasteiger partial charge in [-0.15, -0.1) is 0 Å². The number of rotatable bonds is 3. The Morgan fingerprint density at radius 2 is 2.06 bits per heavy atom. The van der Waals surface area contributed by atoms with Crippen LogP contribution in [0.3, 0.4) is 0 Å². The quantitative estimate of drug-likeness (QED) is 0.773. The van der Waals surface area contributed by atoms with E-state index in [4.69, 9.17) is 5.26 Å². The van der Waals surface area contributed by atoms with Crippen LogP contribution in [0.5, 0.6) is 0 Å². The Kier molecular flexibility index (Phi) is 3.58. The number of nitriles is 1. The van der Waals surface area contributed by atoms with Crippen molar-refractivity contribution in [2.75, 3.05) is 13.1 Å². The van der Waals surface area contributed by atoms with E-state index in [1.165, 1.54) is 5.56 Å². The van der Waals surface area contributed by atoms with Crippen molar-refractivity contribution in [3.05, 3.63) is 35.9 Å². The number of nitrogens with zero attached hydrogens (tertiary/aromatic N) is 2.